The van der Waals surface area contributed by atoms with Gasteiger partial charge in [-0.25, -0.2) is 18.4 Å². The number of hydrogen-bond donors (Lipinski definition) is 1. The Labute approximate surface area is 250 Å². The van der Waals surface area contributed by atoms with Crippen molar-refractivity contribution in [3.8, 4) is 11.4 Å². The molecule has 3 aromatic heterocycles. The lowest BCUT2D eigenvalue weighted by atomic mass is 10.1. The first-order valence-electron chi connectivity index (χ1n) is 15.6. The molecule has 1 aromatic carbocycles. The van der Waals surface area contributed by atoms with Crippen LogP contribution >= 0.6 is 0 Å². The van der Waals surface area contributed by atoms with Crippen molar-refractivity contribution in [3.05, 3.63) is 77.6 Å². The maximum atomic E-state index is 13.2. The summed E-state index contributed by atoms with van der Waals surface area (Å²) in [6.07, 6.45) is 1.85. The van der Waals surface area contributed by atoms with Crippen LogP contribution in [0.25, 0.3) is 22.3 Å². The fourth-order valence-electron chi connectivity index (χ4n) is 5.08. The van der Waals surface area contributed by atoms with E-state index in [2.05, 4.69) is 15.2 Å². The Kier molecular flexibility index (Phi) is 6.40. The topological polar surface area (TPSA) is 124 Å². The van der Waals surface area contributed by atoms with Gasteiger partial charge in [-0.05, 0) is 68.8 Å². The molecule has 2 aliphatic heterocycles. The number of pyridine rings is 3. The van der Waals surface area contributed by atoms with Gasteiger partial charge in [-0.1, -0.05) is 12.1 Å². The third kappa shape index (κ3) is 5.72. The van der Waals surface area contributed by atoms with Crippen molar-refractivity contribution in [1.82, 2.24) is 20.3 Å². The van der Waals surface area contributed by atoms with Crippen LogP contribution in [0.5, 0.6) is 0 Å². The number of hydrogen-bond acceptors (Lipinski definition) is 9. The Morgan fingerprint density at radius 1 is 1.05 bits per heavy atom. The average Bonchev–Trinajstić information content (AvgIpc) is 3.05. The van der Waals surface area contributed by atoms with Gasteiger partial charge in [-0.15, -0.1) is 0 Å². The summed E-state index contributed by atoms with van der Waals surface area (Å²) in [5, 5.41) is 1.81. The molecule has 42 heavy (non-hydrogen) atoms. The summed E-state index contributed by atoms with van der Waals surface area (Å²) in [4.78, 5) is 28.9. The zero-order chi connectivity index (χ0) is 33.0. The number of aromatic nitrogens is 3. The van der Waals surface area contributed by atoms with E-state index in [9.17, 15) is 13.2 Å². The van der Waals surface area contributed by atoms with E-state index in [4.69, 9.17) is 24.9 Å². The SMILES string of the molecule is [2H]C1([2H])OC([2H])([2H])[C@H](C)S(=O)(=O)c2cc(C(=O)NCc3cc4nc(-c5cccc(N6C[C@@H](C)O[C@@H](C)C6)n5)ccc4cn3)ccc21. The van der Waals surface area contributed by atoms with Crippen molar-refractivity contribution in [2.45, 2.75) is 56.2 Å². The van der Waals surface area contributed by atoms with Crippen LogP contribution < -0.4 is 10.2 Å². The summed E-state index contributed by atoms with van der Waals surface area (Å²) in [6, 6.07) is 14.8. The first kappa shape index (κ1) is 23.6. The maximum Gasteiger partial charge on any atom is 0.251 e. The third-order valence-electron chi connectivity index (χ3n) is 7.20. The molecule has 0 unspecified atom stereocenters. The lowest BCUT2D eigenvalue weighted by Crippen LogP contribution is -2.45. The fourth-order valence-corrected chi connectivity index (χ4v) is 6.34. The number of anilines is 1. The van der Waals surface area contributed by atoms with Crippen molar-refractivity contribution in [2.75, 3.05) is 24.5 Å². The Bertz CT molecular complexity index is 1930. The number of carbonyl (C=O) groups is 1. The molecular formula is C31H33N5O5S. The molecule has 0 bridgehead atoms. The van der Waals surface area contributed by atoms with E-state index in [1.807, 2.05) is 44.2 Å². The molecule has 0 saturated carbocycles. The molecule has 6 rings (SSSR count). The lowest BCUT2D eigenvalue weighted by Gasteiger charge is -2.36. The summed E-state index contributed by atoms with van der Waals surface area (Å²) in [6.45, 7) is 1.17. The number of benzene rings is 1. The summed E-state index contributed by atoms with van der Waals surface area (Å²) in [7, 11) is -4.38. The minimum absolute atomic E-state index is 0.00847. The van der Waals surface area contributed by atoms with Gasteiger partial charge >= 0.3 is 0 Å². The summed E-state index contributed by atoms with van der Waals surface area (Å²) in [5.41, 5.74) is 2.15. The van der Waals surface area contributed by atoms with Crippen molar-refractivity contribution < 1.29 is 28.2 Å². The number of rotatable bonds is 5. The lowest BCUT2D eigenvalue weighted by molar-refractivity contribution is -0.00545. The van der Waals surface area contributed by atoms with Crippen molar-refractivity contribution in [3.63, 3.8) is 0 Å². The molecule has 1 amide bonds. The molecule has 0 aliphatic carbocycles. The first-order chi connectivity index (χ1) is 21.6. The van der Waals surface area contributed by atoms with Gasteiger partial charge < -0.3 is 19.7 Å². The largest absolute Gasteiger partial charge is 0.375 e. The zero-order valence-corrected chi connectivity index (χ0v) is 24.2. The van der Waals surface area contributed by atoms with Gasteiger partial charge in [0, 0.05) is 30.2 Å². The molecule has 5 heterocycles. The van der Waals surface area contributed by atoms with Crippen molar-refractivity contribution in [2.24, 2.45) is 0 Å². The Morgan fingerprint density at radius 2 is 1.83 bits per heavy atom. The second kappa shape index (κ2) is 11.4. The predicted molar refractivity (Wildman–Crippen MR) is 159 cm³/mol. The molecule has 2 aliphatic rings. The van der Waals surface area contributed by atoms with Gasteiger partial charge in [-0.3, -0.25) is 9.78 Å². The van der Waals surface area contributed by atoms with Gasteiger partial charge in [0.1, 0.15) is 5.82 Å². The number of sulfone groups is 1. The molecule has 1 N–H and O–H groups in total. The van der Waals surface area contributed by atoms with Gasteiger partial charge in [0.25, 0.3) is 5.91 Å². The second-order valence-corrected chi connectivity index (χ2v) is 12.7. The van der Waals surface area contributed by atoms with Crippen LogP contribution in [0.3, 0.4) is 0 Å². The molecule has 1 saturated heterocycles. The zero-order valence-electron chi connectivity index (χ0n) is 27.4. The van der Waals surface area contributed by atoms with Crippen LogP contribution in [0.4, 0.5) is 5.82 Å². The van der Waals surface area contributed by atoms with Gasteiger partial charge in [0.05, 0.1) is 70.1 Å². The third-order valence-corrected chi connectivity index (χ3v) is 9.18. The van der Waals surface area contributed by atoms with E-state index >= 15 is 0 Å². The number of carbonyl (C=O) groups excluding carboxylic acids is 1. The number of amides is 1. The smallest absolute Gasteiger partial charge is 0.251 e. The highest BCUT2D eigenvalue weighted by Crippen LogP contribution is 2.27. The Balaban J connectivity index is 1.21. The van der Waals surface area contributed by atoms with Crippen LogP contribution in [0, 0.1) is 0 Å². The van der Waals surface area contributed by atoms with Crippen molar-refractivity contribution in [1.29, 1.82) is 0 Å². The predicted octanol–water partition coefficient (Wildman–Crippen LogP) is 3.93. The number of fused-ring (bicyclic) bond motifs is 2. The quantitative estimate of drug-likeness (QED) is 0.368. The average molecular weight is 592 g/mol. The fraction of sp³-hybridized carbons (Fsp3) is 0.355. The molecule has 218 valence electrons. The second-order valence-electron chi connectivity index (χ2n) is 10.5. The first-order valence-corrected chi connectivity index (χ1v) is 15.2. The molecule has 3 atom stereocenters. The molecule has 11 heteroatoms. The minimum Gasteiger partial charge on any atom is -0.375 e. The van der Waals surface area contributed by atoms with Crippen LogP contribution in [-0.4, -0.2) is 66.4 Å². The highest BCUT2D eigenvalue weighted by atomic mass is 32.2. The van der Waals surface area contributed by atoms with E-state index in [0.29, 0.717) is 22.6 Å². The maximum absolute atomic E-state index is 13.2. The van der Waals surface area contributed by atoms with Gasteiger partial charge in [-0.2, -0.15) is 0 Å². The van der Waals surface area contributed by atoms with E-state index < -0.39 is 39.0 Å². The molecule has 0 spiro atoms. The normalized spacial score (nSPS) is 25.7. The Hall–Kier alpha value is -3.93. The molecule has 0 radical (unpaired) electrons. The van der Waals surface area contributed by atoms with Crippen molar-refractivity contribution >= 4 is 32.5 Å². The van der Waals surface area contributed by atoms with Crippen LogP contribution in [0.2, 0.25) is 0 Å². The summed E-state index contributed by atoms with van der Waals surface area (Å²) in [5.74, 6) is 0.234. The molecular weight excluding hydrogens is 554 g/mol. The summed E-state index contributed by atoms with van der Waals surface area (Å²) < 4.78 is 69.5. The Morgan fingerprint density at radius 3 is 2.64 bits per heavy atom. The van der Waals surface area contributed by atoms with Crippen LogP contribution in [0.1, 0.15) is 47.9 Å². The van der Waals surface area contributed by atoms with E-state index in [-0.39, 0.29) is 29.9 Å². The summed E-state index contributed by atoms with van der Waals surface area (Å²) >= 11 is 0. The molecule has 10 nitrogen and oxygen atoms in total. The minimum atomic E-state index is -4.38. The number of morpholine rings is 1. The van der Waals surface area contributed by atoms with E-state index in [1.165, 1.54) is 6.07 Å². The number of nitrogens with one attached hydrogen (secondary N) is 1. The van der Waals surface area contributed by atoms with Crippen LogP contribution in [-0.2, 0) is 32.4 Å². The monoisotopic (exact) mass is 591 g/mol. The molecule has 4 aromatic rings. The number of ether oxygens (including phenoxy) is 2. The highest BCUT2D eigenvalue weighted by Gasteiger charge is 2.30. The standard InChI is InChI=1S/C31H33N5O5S/c1-19-15-36(16-20(2)41-19)30-6-4-5-26(35-30)27-10-9-23-13-32-25(12-28(23)34-27)14-33-31(37)22-7-8-24-18-40-17-21(3)42(38,39)29(24)11-22/h4-13,19-21H,14-18H2,1-3H3,(H,33,37)/t19-,20+,21-/m0/s1/i17D2,18D2. The highest BCUT2D eigenvalue weighted by molar-refractivity contribution is 7.92. The van der Waals surface area contributed by atoms with E-state index in [0.717, 1.165) is 43.4 Å². The van der Waals surface area contributed by atoms with E-state index in [1.54, 1.807) is 12.3 Å². The van der Waals surface area contributed by atoms with Crippen LogP contribution in [0.15, 0.2) is 65.7 Å². The van der Waals surface area contributed by atoms with Gasteiger partial charge in [0.2, 0.25) is 0 Å². The van der Waals surface area contributed by atoms with Gasteiger partial charge in [0.15, 0.2) is 9.84 Å². The molecule has 1 fully saturated rings. The number of nitrogens with zero attached hydrogens (tertiary/aromatic N) is 4.